The van der Waals surface area contributed by atoms with Gasteiger partial charge in [-0.2, -0.15) is 6.07 Å². The van der Waals surface area contributed by atoms with Gasteiger partial charge in [-0.1, -0.05) is 177 Å². The van der Waals surface area contributed by atoms with Crippen LogP contribution in [-0.2, 0) is 31.9 Å². The SMILES string of the molecule is CC(C)(C)c1ccnc(-n2c3[c-]c(Oc4[c-]c(N5[CH-]N(c6c(-c7ccccc7)cccc6-c6ccccc6)c6nccnc65)ccc4)cc4c3c3c(cccc32)C42c3ccccc3-c3ccccc32)c1.[Pt]. The van der Waals surface area contributed by atoms with Crippen LogP contribution in [0.2, 0.25) is 0 Å². The molecule has 344 valence electrons. The van der Waals surface area contributed by atoms with Crippen molar-refractivity contribution in [2.45, 2.75) is 31.6 Å². The summed E-state index contributed by atoms with van der Waals surface area (Å²) in [5, 5.41) is 2.38. The summed E-state index contributed by atoms with van der Waals surface area (Å²) in [7, 11) is 0. The molecule has 7 nitrogen and oxygen atoms in total. The van der Waals surface area contributed by atoms with Gasteiger partial charge in [0.2, 0.25) is 0 Å². The summed E-state index contributed by atoms with van der Waals surface area (Å²) < 4.78 is 9.35. The van der Waals surface area contributed by atoms with Crippen LogP contribution < -0.4 is 14.5 Å². The Labute approximate surface area is 427 Å². The number of hydrogen-bond acceptors (Lipinski definition) is 6. The van der Waals surface area contributed by atoms with Crippen LogP contribution in [0.25, 0.3) is 61.0 Å². The van der Waals surface area contributed by atoms with Gasteiger partial charge in [-0.15, -0.1) is 42.6 Å². The fourth-order valence-corrected chi connectivity index (χ4v) is 11.4. The van der Waals surface area contributed by atoms with E-state index < -0.39 is 5.41 Å². The van der Waals surface area contributed by atoms with Gasteiger partial charge in [-0.05, 0) is 73.5 Å². The zero-order valence-corrected chi connectivity index (χ0v) is 41.3. The molecular formula is C63H43N6OPt-3. The predicted molar refractivity (Wildman–Crippen MR) is 280 cm³/mol. The van der Waals surface area contributed by atoms with E-state index >= 15 is 0 Å². The number of anilines is 4. The molecule has 4 heterocycles. The summed E-state index contributed by atoms with van der Waals surface area (Å²) >= 11 is 0. The van der Waals surface area contributed by atoms with Crippen LogP contribution in [0, 0.1) is 18.8 Å². The van der Waals surface area contributed by atoms with Gasteiger partial charge in [0.25, 0.3) is 0 Å². The molecule has 3 aromatic heterocycles. The van der Waals surface area contributed by atoms with Crippen LogP contribution in [0.15, 0.2) is 201 Å². The molecule has 1 spiro atoms. The molecule has 0 amide bonds. The van der Waals surface area contributed by atoms with Crippen LogP contribution >= 0.6 is 0 Å². The summed E-state index contributed by atoms with van der Waals surface area (Å²) in [6.07, 6.45) is 5.42. The van der Waals surface area contributed by atoms with E-state index in [-0.39, 0.29) is 26.5 Å². The van der Waals surface area contributed by atoms with E-state index in [4.69, 9.17) is 19.7 Å². The van der Waals surface area contributed by atoms with Gasteiger partial charge in [0.05, 0.1) is 0 Å². The van der Waals surface area contributed by atoms with E-state index in [0.717, 1.165) is 55.9 Å². The molecule has 2 aliphatic carbocycles. The maximum absolute atomic E-state index is 7.08. The van der Waals surface area contributed by atoms with Gasteiger partial charge in [0.1, 0.15) is 17.5 Å². The van der Waals surface area contributed by atoms with Gasteiger partial charge in [0, 0.05) is 78.9 Å². The van der Waals surface area contributed by atoms with E-state index in [1.54, 1.807) is 12.4 Å². The van der Waals surface area contributed by atoms with Gasteiger partial charge in [0.15, 0.2) is 0 Å². The molecule has 3 aliphatic rings. The molecule has 71 heavy (non-hydrogen) atoms. The summed E-state index contributed by atoms with van der Waals surface area (Å²) in [4.78, 5) is 19.1. The maximum atomic E-state index is 7.08. The van der Waals surface area contributed by atoms with Gasteiger partial charge in [-0.3, -0.25) is 0 Å². The average molecular weight is 1100 g/mol. The van der Waals surface area contributed by atoms with E-state index in [1.807, 2.05) is 41.4 Å². The molecule has 0 bridgehead atoms. The Kier molecular flexibility index (Phi) is 9.81. The number of hydrogen-bond donors (Lipinski definition) is 0. The van der Waals surface area contributed by atoms with Crippen molar-refractivity contribution in [2.24, 2.45) is 0 Å². The Morgan fingerprint density at radius 3 is 1.77 bits per heavy atom. The number of fused-ring (bicyclic) bond motifs is 8. The number of para-hydroxylation sites is 1. The van der Waals surface area contributed by atoms with Crippen molar-refractivity contribution in [2.75, 3.05) is 9.80 Å². The van der Waals surface area contributed by atoms with Crippen molar-refractivity contribution in [3.05, 3.63) is 247 Å². The number of benzene rings is 8. The molecule has 0 atom stereocenters. The van der Waals surface area contributed by atoms with Crippen molar-refractivity contribution in [1.29, 1.82) is 0 Å². The van der Waals surface area contributed by atoms with Crippen molar-refractivity contribution >= 4 is 44.8 Å². The molecule has 0 saturated heterocycles. The Balaban J connectivity index is 0.00000492. The Morgan fingerprint density at radius 2 is 1.10 bits per heavy atom. The normalized spacial score (nSPS) is 13.7. The van der Waals surface area contributed by atoms with Gasteiger partial charge in [-0.25, -0.2) is 15.0 Å². The quantitative estimate of drug-likeness (QED) is 0.148. The number of aromatic nitrogens is 4. The van der Waals surface area contributed by atoms with Crippen LogP contribution in [0.3, 0.4) is 0 Å². The van der Waals surface area contributed by atoms with E-state index in [0.29, 0.717) is 23.1 Å². The Morgan fingerprint density at radius 1 is 0.507 bits per heavy atom. The minimum absolute atomic E-state index is 0. The first-order valence-electron chi connectivity index (χ1n) is 23.8. The molecule has 0 saturated carbocycles. The van der Waals surface area contributed by atoms with Crippen LogP contribution in [0.4, 0.5) is 23.0 Å². The Hall–Kier alpha value is -8.12. The third-order valence-corrected chi connectivity index (χ3v) is 14.4. The molecule has 0 unspecified atom stereocenters. The standard InChI is InChI=1S/C63H43N6O.Pt/c1-62(2,3)42-31-32-64-56(35-42)69-54-30-16-29-52-57(54)58-53(63(52)50-27-12-10-23-48(50)49-24-11-13-28-51(49)63)37-45(38-55(58)69)70-44-22-14-21-43(36-44)67-39-68(61-60(67)65-33-34-66-61)59-46(40-17-6-4-7-18-40)25-15-26-47(59)41-19-8-5-9-20-41;/h4-35,37,39H,1-3H3;/q-3;. The third-order valence-electron chi connectivity index (χ3n) is 14.4. The summed E-state index contributed by atoms with van der Waals surface area (Å²) in [5.74, 6) is 3.37. The number of rotatable bonds is 7. The molecule has 8 heteroatoms. The summed E-state index contributed by atoms with van der Waals surface area (Å²) in [5.41, 5.74) is 16.1. The fourth-order valence-electron chi connectivity index (χ4n) is 11.4. The fraction of sp³-hybridized carbons (Fsp3) is 0.0794. The largest absolute Gasteiger partial charge is 0.509 e. The smallest absolute Gasteiger partial charge is 0.145 e. The second kappa shape index (κ2) is 16.2. The van der Waals surface area contributed by atoms with Crippen molar-refractivity contribution in [3.63, 3.8) is 0 Å². The van der Waals surface area contributed by atoms with E-state index in [2.05, 4.69) is 201 Å². The van der Waals surface area contributed by atoms with E-state index in [9.17, 15) is 0 Å². The topological polar surface area (TPSA) is 59.3 Å². The molecule has 0 N–H and O–H groups in total. The predicted octanol–water partition coefficient (Wildman–Crippen LogP) is 15.1. The molecule has 1 aliphatic heterocycles. The van der Waals surface area contributed by atoms with Gasteiger partial charge >= 0.3 is 0 Å². The van der Waals surface area contributed by atoms with Crippen molar-refractivity contribution < 1.29 is 25.8 Å². The first kappa shape index (κ1) is 42.9. The number of nitrogens with zero attached hydrogens (tertiary/aromatic N) is 6. The molecule has 14 rings (SSSR count). The molecule has 0 radical (unpaired) electrons. The minimum Gasteiger partial charge on any atom is -0.509 e. The molecule has 0 fully saturated rings. The zero-order valence-electron chi connectivity index (χ0n) is 39.0. The maximum Gasteiger partial charge on any atom is 0.145 e. The first-order valence-corrected chi connectivity index (χ1v) is 23.8. The summed E-state index contributed by atoms with van der Waals surface area (Å²) in [6, 6.07) is 72.1. The minimum atomic E-state index is -0.570. The first-order chi connectivity index (χ1) is 34.4. The van der Waals surface area contributed by atoms with Crippen LogP contribution in [0.1, 0.15) is 48.6 Å². The third kappa shape index (κ3) is 6.35. The van der Waals surface area contributed by atoms with Crippen molar-refractivity contribution in [3.8, 4) is 50.7 Å². The monoisotopic (exact) mass is 1090 g/mol. The number of ether oxygens (including phenoxy) is 1. The number of pyridine rings is 1. The average Bonchev–Trinajstić information content (AvgIpc) is 4.13. The second-order valence-electron chi connectivity index (χ2n) is 19.3. The Bertz CT molecular complexity index is 3810. The van der Waals surface area contributed by atoms with E-state index in [1.165, 1.54) is 44.3 Å². The van der Waals surface area contributed by atoms with Crippen LogP contribution in [-0.4, -0.2) is 19.5 Å². The van der Waals surface area contributed by atoms with Gasteiger partial charge < -0.3 is 19.1 Å². The summed E-state index contributed by atoms with van der Waals surface area (Å²) in [6.45, 7) is 8.80. The zero-order chi connectivity index (χ0) is 46.7. The molecule has 11 aromatic rings. The molecular weight excluding hydrogens is 1050 g/mol. The second-order valence-corrected chi connectivity index (χ2v) is 19.3. The molecule has 8 aromatic carbocycles. The van der Waals surface area contributed by atoms with Crippen LogP contribution in [0.5, 0.6) is 11.5 Å². The van der Waals surface area contributed by atoms with Crippen molar-refractivity contribution in [1.82, 2.24) is 19.5 Å².